The smallest absolute Gasteiger partial charge is 0.313 e. The average molecular weight is 342 g/mol. The van der Waals surface area contributed by atoms with Crippen molar-refractivity contribution in [3.63, 3.8) is 0 Å². The predicted octanol–water partition coefficient (Wildman–Crippen LogP) is 1.82. The summed E-state index contributed by atoms with van der Waals surface area (Å²) in [7, 11) is 1.45. The maximum Gasteiger partial charge on any atom is 0.313 e. The summed E-state index contributed by atoms with van der Waals surface area (Å²) in [5.41, 5.74) is -0.964. The van der Waals surface area contributed by atoms with E-state index < -0.39 is 11.4 Å². The normalized spacial score (nSPS) is 21.0. The highest BCUT2D eigenvalue weighted by atomic mass is 35.5. The van der Waals surface area contributed by atoms with Gasteiger partial charge in [0.05, 0.1) is 17.8 Å². The van der Waals surface area contributed by atoms with Gasteiger partial charge in [-0.15, -0.1) is 0 Å². The minimum atomic E-state index is -1.08. The Bertz CT molecular complexity index is 623. The van der Waals surface area contributed by atoms with Gasteiger partial charge in [0.2, 0.25) is 0 Å². The number of carbonyl (C=O) groups excluding carboxylic acids is 1. The van der Waals surface area contributed by atoms with Crippen LogP contribution in [0.15, 0.2) is 6.20 Å². The first-order valence-corrected chi connectivity index (χ1v) is 7.72. The number of aromatic nitrogens is 2. The fraction of sp³-hybridized carbons (Fsp3) is 0.600. The largest absolute Gasteiger partial charge is 0.481 e. The zero-order valence-corrected chi connectivity index (χ0v) is 14.1. The molecule has 7 nitrogen and oxygen atoms in total. The van der Waals surface area contributed by atoms with Crippen molar-refractivity contribution in [3.05, 3.63) is 22.7 Å². The van der Waals surface area contributed by atoms with Gasteiger partial charge in [0.1, 0.15) is 11.2 Å². The number of aliphatic carboxylic acids is 1. The van der Waals surface area contributed by atoms with Gasteiger partial charge in [-0.25, -0.2) is 9.97 Å². The van der Waals surface area contributed by atoms with Crippen molar-refractivity contribution in [1.82, 2.24) is 14.9 Å². The van der Waals surface area contributed by atoms with E-state index >= 15 is 0 Å². The van der Waals surface area contributed by atoms with Crippen LogP contribution in [-0.2, 0) is 9.53 Å². The molecule has 23 heavy (non-hydrogen) atoms. The Hall–Kier alpha value is -1.73. The molecule has 0 aliphatic carbocycles. The van der Waals surface area contributed by atoms with Gasteiger partial charge in [0, 0.05) is 26.1 Å². The molecule has 2 heterocycles. The molecule has 1 aliphatic heterocycles. The van der Waals surface area contributed by atoms with Crippen molar-refractivity contribution in [2.75, 3.05) is 26.8 Å². The number of methoxy groups -OCH3 is 1. The quantitative estimate of drug-likeness (QED) is 0.878. The van der Waals surface area contributed by atoms with Crippen LogP contribution in [0.2, 0.25) is 5.02 Å². The Balaban J connectivity index is 2.25. The zero-order valence-electron chi connectivity index (χ0n) is 13.4. The van der Waals surface area contributed by atoms with Crippen molar-refractivity contribution < 1.29 is 19.4 Å². The van der Waals surface area contributed by atoms with E-state index in [1.165, 1.54) is 18.2 Å². The van der Waals surface area contributed by atoms with Crippen LogP contribution in [0, 0.1) is 5.41 Å². The van der Waals surface area contributed by atoms with E-state index in [1.54, 1.807) is 0 Å². The summed E-state index contributed by atoms with van der Waals surface area (Å²) in [6, 6.07) is 0. The minimum absolute atomic E-state index is 0.0564. The van der Waals surface area contributed by atoms with E-state index in [0.717, 1.165) is 0 Å². The van der Waals surface area contributed by atoms with Gasteiger partial charge in [0.25, 0.3) is 5.91 Å². The van der Waals surface area contributed by atoms with Crippen LogP contribution in [0.3, 0.4) is 0 Å². The van der Waals surface area contributed by atoms with Gasteiger partial charge in [-0.3, -0.25) is 9.59 Å². The number of nitrogens with zero attached hydrogens (tertiary/aromatic N) is 3. The monoisotopic (exact) mass is 341 g/mol. The molecular weight excluding hydrogens is 322 g/mol. The van der Waals surface area contributed by atoms with Gasteiger partial charge < -0.3 is 14.7 Å². The van der Waals surface area contributed by atoms with Crippen LogP contribution in [-0.4, -0.2) is 58.7 Å². The van der Waals surface area contributed by atoms with Crippen molar-refractivity contribution in [1.29, 1.82) is 0 Å². The zero-order chi connectivity index (χ0) is 17.2. The van der Waals surface area contributed by atoms with E-state index in [4.69, 9.17) is 16.3 Å². The molecule has 1 atom stereocenters. The molecule has 1 saturated heterocycles. The van der Waals surface area contributed by atoms with Gasteiger partial charge in [0.15, 0.2) is 5.69 Å². The van der Waals surface area contributed by atoms with Gasteiger partial charge in [-0.05, 0) is 6.42 Å². The van der Waals surface area contributed by atoms with E-state index in [9.17, 15) is 14.7 Å². The summed E-state index contributed by atoms with van der Waals surface area (Å²) in [6.45, 7) is 4.29. The molecule has 0 saturated carbocycles. The summed E-state index contributed by atoms with van der Waals surface area (Å²) >= 11 is 6.06. The second-order valence-electron chi connectivity index (χ2n) is 6.07. The fourth-order valence-electron chi connectivity index (χ4n) is 2.63. The topological polar surface area (TPSA) is 92.6 Å². The first-order chi connectivity index (χ1) is 10.8. The third-order valence-corrected chi connectivity index (χ3v) is 4.27. The molecule has 0 radical (unpaired) electrons. The van der Waals surface area contributed by atoms with Gasteiger partial charge in [-0.2, -0.15) is 0 Å². The van der Waals surface area contributed by atoms with Crippen LogP contribution >= 0.6 is 11.6 Å². The SMILES string of the molecule is COCC1(C(=O)O)CCN(C(=O)c2nc(C(C)C)ncc2Cl)C1. The summed E-state index contributed by atoms with van der Waals surface area (Å²) in [5, 5.41) is 9.63. The van der Waals surface area contributed by atoms with Gasteiger partial charge in [-0.1, -0.05) is 25.4 Å². The van der Waals surface area contributed by atoms with Crippen molar-refractivity contribution in [3.8, 4) is 0 Å². The Morgan fingerprint density at radius 1 is 1.52 bits per heavy atom. The van der Waals surface area contributed by atoms with Crippen molar-refractivity contribution in [2.45, 2.75) is 26.2 Å². The molecule has 2 rings (SSSR count). The average Bonchev–Trinajstić information content (AvgIpc) is 2.93. The summed E-state index contributed by atoms with van der Waals surface area (Å²) in [5.74, 6) is -0.757. The number of rotatable bonds is 5. The second-order valence-corrected chi connectivity index (χ2v) is 6.48. The molecule has 0 aromatic carbocycles. The van der Waals surface area contributed by atoms with E-state index in [0.29, 0.717) is 18.8 Å². The highest BCUT2D eigenvalue weighted by Gasteiger charge is 2.47. The molecule has 1 fully saturated rings. The first-order valence-electron chi connectivity index (χ1n) is 7.35. The molecule has 1 aromatic rings. The Labute approximate surface area is 139 Å². The summed E-state index contributed by atoms with van der Waals surface area (Å²) in [6.07, 6.45) is 1.74. The Morgan fingerprint density at radius 2 is 2.22 bits per heavy atom. The number of likely N-dealkylation sites (tertiary alicyclic amines) is 1. The molecule has 1 amide bonds. The third-order valence-electron chi connectivity index (χ3n) is 4.00. The standard InChI is InChI=1S/C15H20ClN3O4/c1-9(2)12-17-6-10(16)11(18-12)13(20)19-5-4-15(7-19,8-23-3)14(21)22/h6,9H,4-5,7-8H2,1-3H3,(H,21,22). The van der Waals surface area contributed by atoms with Crippen molar-refractivity contribution >= 4 is 23.5 Å². The highest BCUT2D eigenvalue weighted by Crippen LogP contribution is 2.32. The van der Waals surface area contributed by atoms with E-state index in [2.05, 4.69) is 9.97 Å². The lowest BCUT2D eigenvalue weighted by molar-refractivity contribution is -0.151. The maximum absolute atomic E-state index is 12.7. The Kier molecular flexibility index (Phi) is 5.21. The molecule has 1 aliphatic rings. The lowest BCUT2D eigenvalue weighted by Crippen LogP contribution is -2.40. The maximum atomic E-state index is 12.7. The number of carboxylic acids is 1. The van der Waals surface area contributed by atoms with Crippen LogP contribution in [0.1, 0.15) is 42.5 Å². The van der Waals surface area contributed by atoms with Crippen LogP contribution in [0.25, 0.3) is 0 Å². The Morgan fingerprint density at radius 3 is 2.78 bits per heavy atom. The van der Waals surface area contributed by atoms with E-state index in [-0.39, 0.29) is 35.7 Å². The predicted molar refractivity (Wildman–Crippen MR) is 83.6 cm³/mol. The number of hydrogen-bond donors (Lipinski definition) is 1. The van der Waals surface area contributed by atoms with Crippen molar-refractivity contribution in [2.24, 2.45) is 5.41 Å². The molecule has 1 N–H and O–H groups in total. The molecular formula is C15H20ClN3O4. The fourth-order valence-corrected chi connectivity index (χ4v) is 2.81. The lowest BCUT2D eigenvalue weighted by Gasteiger charge is -2.23. The molecule has 0 spiro atoms. The molecule has 0 bridgehead atoms. The molecule has 8 heteroatoms. The number of hydrogen-bond acceptors (Lipinski definition) is 5. The highest BCUT2D eigenvalue weighted by molar-refractivity contribution is 6.33. The van der Waals surface area contributed by atoms with E-state index in [1.807, 2.05) is 13.8 Å². The first kappa shape index (κ1) is 17.6. The van der Waals surface area contributed by atoms with Crippen LogP contribution in [0.5, 0.6) is 0 Å². The number of halogens is 1. The lowest BCUT2D eigenvalue weighted by atomic mass is 9.88. The minimum Gasteiger partial charge on any atom is -0.481 e. The third kappa shape index (κ3) is 3.45. The van der Waals surface area contributed by atoms with Crippen LogP contribution < -0.4 is 0 Å². The summed E-state index contributed by atoms with van der Waals surface area (Å²) in [4.78, 5) is 34.0. The molecule has 1 unspecified atom stereocenters. The molecule has 1 aromatic heterocycles. The van der Waals surface area contributed by atoms with Crippen LogP contribution in [0.4, 0.5) is 0 Å². The number of carbonyl (C=O) groups is 2. The number of ether oxygens (including phenoxy) is 1. The molecule has 126 valence electrons. The summed E-state index contributed by atoms with van der Waals surface area (Å²) < 4.78 is 5.03. The van der Waals surface area contributed by atoms with Gasteiger partial charge >= 0.3 is 5.97 Å². The second kappa shape index (κ2) is 6.80. The number of amides is 1. The number of carboxylic acid groups (broad SMARTS) is 1.